The van der Waals surface area contributed by atoms with Gasteiger partial charge in [-0.25, -0.2) is 4.98 Å². The first kappa shape index (κ1) is 21.4. The van der Waals surface area contributed by atoms with E-state index in [2.05, 4.69) is 40.4 Å². The molecule has 1 heterocycles. The Morgan fingerprint density at radius 3 is 2.37 bits per heavy atom. The summed E-state index contributed by atoms with van der Waals surface area (Å²) in [4.78, 5) is 16.6. The molecule has 2 rings (SSSR count). The molecule has 2 aromatic rings. The molecule has 1 aromatic carbocycles. The van der Waals surface area contributed by atoms with Gasteiger partial charge in [0, 0.05) is 17.3 Å². The highest BCUT2D eigenvalue weighted by atomic mass is 28.3. The molecule has 0 aliphatic heterocycles. The summed E-state index contributed by atoms with van der Waals surface area (Å²) >= 11 is 0. The van der Waals surface area contributed by atoms with Crippen LogP contribution in [0.15, 0.2) is 36.8 Å². The number of imidazole rings is 1. The van der Waals surface area contributed by atoms with Gasteiger partial charge in [0.25, 0.3) is 5.91 Å². The molecule has 0 saturated carbocycles. The van der Waals surface area contributed by atoms with Crippen LogP contribution in [0.2, 0.25) is 19.6 Å². The van der Waals surface area contributed by atoms with E-state index in [9.17, 15) is 9.90 Å². The molecule has 0 aliphatic rings. The third-order valence-electron chi connectivity index (χ3n) is 4.37. The van der Waals surface area contributed by atoms with Gasteiger partial charge in [-0.05, 0) is 57.7 Å². The van der Waals surface area contributed by atoms with E-state index in [1.165, 1.54) is 0 Å². The van der Waals surface area contributed by atoms with E-state index in [0.29, 0.717) is 12.0 Å². The summed E-state index contributed by atoms with van der Waals surface area (Å²) in [5.41, 5.74) is 2.27. The van der Waals surface area contributed by atoms with E-state index < -0.39 is 14.3 Å². The molecule has 1 unspecified atom stereocenters. The van der Waals surface area contributed by atoms with E-state index in [1.807, 2.05) is 39.2 Å². The summed E-state index contributed by atoms with van der Waals surface area (Å²) in [7, 11) is -1.38. The van der Waals surface area contributed by atoms with Crippen LogP contribution >= 0.6 is 0 Å². The molecule has 5 nitrogen and oxygen atoms in total. The molecule has 148 valence electrons. The van der Waals surface area contributed by atoms with Crippen molar-refractivity contribution in [1.82, 2.24) is 14.5 Å². The Balaban J connectivity index is 1.86. The fourth-order valence-electron chi connectivity index (χ4n) is 2.77. The third-order valence-corrected chi connectivity index (χ3v) is 6.16. The average Bonchev–Trinajstić information content (AvgIpc) is 3.02. The van der Waals surface area contributed by atoms with Gasteiger partial charge in [0.2, 0.25) is 0 Å². The second-order valence-corrected chi connectivity index (χ2v) is 14.0. The Hall–Kier alpha value is -1.92. The smallest absolute Gasteiger partial charge is 0.251 e. The van der Waals surface area contributed by atoms with Crippen LogP contribution in [0, 0.1) is 0 Å². The summed E-state index contributed by atoms with van der Waals surface area (Å²) in [5.74, 6) is -0.0958. The number of aryl methyl sites for hydroxylation is 1. The first-order chi connectivity index (χ1) is 12.5. The van der Waals surface area contributed by atoms with Gasteiger partial charge in [0.05, 0.1) is 18.1 Å². The highest BCUT2D eigenvalue weighted by Crippen LogP contribution is 2.20. The van der Waals surface area contributed by atoms with Crippen molar-refractivity contribution < 1.29 is 9.90 Å². The quantitative estimate of drug-likeness (QED) is 0.701. The molecular formula is C21H33N3O2Si. The van der Waals surface area contributed by atoms with Crippen molar-refractivity contribution >= 4 is 14.1 Å². The zero-order chi connectivity index (χ0) is 20.2. The lowest BCUT2D eigenvalue weighted by atomic mass is 10.0. The molecule has 0 fully saturated rings. The highest BCUT2D eigenvalue weighted by molar-refractivity contribution is 6.74. The maximum Gasteiger partial charge on any atom is 0.251 e. The Labute approximate surface area is 163 Å². The van der Waals surface area contributed by atoms with Crippen LogP contribution in [0.5, 0.6) is 0 Å². The lowest BCUT2D eigenvalue weighted by Crippen LogP contribution is -2.40. The number of aromatic nitrogens is 2. The molecule has 0 spiro atoms. The summed E-state index contributed by atoms with van der Waals surface area (Å²) < 4.78 is 2.25. The van der Waals surface area contributed by atoms with Crippen molar-refractivity contribution in [3.63, 3.8) is 0 Å². The number of nitrogens with one attached hydrogen (secondary N) is 1. The van der Waals surface area contributed by atoms with E-state index in [1.54, 1.807) is 12.1 Å². The van der Waals surface area contributed by atoms with Gasteiger partial charge < -0.3 is 14.7 Å². The highest BCUT2D eigenvalue weighted by Gasteiger charge is 2.17. The normalized spacial score (nSPS) is 13.4. The lowest BCUT2D eigenvalue weighted by Gasteiger charge is -2.20. The van der Waals surface area contributed by atoms with Gasteiger partial charge in [0.15, 0.2) is 8.24 Å². The number of rotatable bonds is 7. The Morgan fingerprint density at radius 2 is 1.85 bits per heavy atom. The number of amides is 1. The first-order valence-corrected chi connectivity index (χ1v) is 13.0. The van der Waals surface area contributed by atoms with Crippen molar-refractivity contribution in [3.05, 3.63) is 53.6 Å². The number of aliphatic hydroxyl groups is 1. The van der Waals surface area contributed by atoms with Crippen LogP contribution < -0.4 is 5.32 Å². The van der Waals surface area contributed by atoms with Crippen LogP contribution in [0.1, 0.15) is 61.3 Å². The third kappa shape index (κ3) is 6.63. The van der Waals surface area contributed by atoms with Gasteiger partial charge in [-0.15, -0.1) is 0 Å². The number of hydrogen-bond donors (Lipinski definition) is 2. The Kier molecular flexibility index (Phi) is 6.65. The lowest BCUT2D eigenvalue weighted by molar-refractivity contribution is 0.0919. The minimum atomic E-state index is -1.38. The SMILES string of the molecule is CC(C)(C)NC(=O)c1ccc(C(O)CCCc2cn([Si](C)(C)C)cn2)cc1. The number of carbonyl (C=O) groups excluding carboxylic acids is 1. The predicted molar refractivity (Wildman–Crippen MR) is 113 cm³/mol. The Morgan fingerprint density at radius 1 is 1.22 bits per heavy atom. The summed E-state index contributed by atoms with van der Waals surface area (Å²) in [6, 6.07) is 7.22. The van der Waals surface area contributed by atoms with Crippen LogP contribution in [0.3, 0.4) is 0 Å². The molecule has 0 saturated heterocycles. The minimum Gasteiger partial charge on any atom is -0.388 e. The monoisotopic (exact) mass is 387 g/mol. The van der Waals surface area contributed by atoms with Crippen molar-refractivity contribution in [3.8, 4) is 0 Å². The van der Waals surface area contributed by atoms with Crippen LogP contribution in [-0.2, 0) is 6.42 Å². The van der Waals surface area contributed by atoms with Gasteiger partial charge in [-0.2, -0.15) is 0 Å². The maximum atomic E-state index is 12.2. The fraction of sp³-hybridized carbons (Fsp3) is 0.524. The van der Waals surface area contributed by atoms with Gasteiger partial charge in [-0.3, -0.25) is 4.79 Å². The van der Waals surface area contributed by atoms with Gasteiger partial charge in [0.1, 0.15) is 0 Å². The molecule has 1 amide bonds. The fourth-order valence-corrected chi connectivity index (χ4v) is 3.71. The minimum absolute atomic E-state index is 0.0958. The van der Waals surface area contributed by atoms with E-state index >= 15 is 0 Å². The second kappa shape index (κ2) is 8.40. The average molecular weight is 388 g/mol. The molecule has 1 aromatic heterocycles. The molecule has 0 bridgehead atoms. The zero-order valence-electron chi connectivity index (χ0n) is 17.4. The number of carbonyl (C=O) groups is 1. The first-order valence-electron chi connectivity index (χ1n) is 9.59. The van der Waals surface area contributed by atoms with Crippen molar-refractivity contribution in [2.45, 2.75) is 71.3 Å². The molecular weight excluding hydrogens is 354 g/mol. The molecule has 0 aliphatic carbocycles. The second-order valence-electron chi connectivity index (χ2n) is 9.18. The Bertz CT molecular complexity index is 755. The largest absolute Gasteiger partial charge is 0.388 e. The molecule has 0 radical (unpaired) electrons. The summed E-state index contributed by atoms with van der Waals surface area (Å²) in [5, 5.41) is 13.4. The van der Waals surface area contributed by atoms with Crippen molar-refractivity contribution in [2.24, 2.45) is 0 Å². The molecule has 6 heteroatoms. The number of nitrogens with zero attached hydrogens (tertiary/aromatic N) is 2. The maximum absolute atomic E-state index is 12.2. The topological polar surface area (TPSA) is 67.2 Å². The van der Waals surface area contributed by atoms with E-state index in [4.69, 9.17) is 0 Å². The van der Waals surface area contributed by atoms with Crippen molar-refractivity contribution in [2.75, 3.05) is 0 Å². The predicted octanol–water partition coefficient (Wildman–Crippen LogP) is 4.15. The summed E-state index contributed by atoms with van der Waals surface area (Å²) in [6.45, 7) is 12.7. The molecule has 2 N–H and O–H groups in total. The van der Waals surface area contributed by atoms with Gasteiger partial charge >= 0.3 is 0 Å². The van der Waals surface area contributed by atoms with E-state index in [0.717, 1.165) is 24.1 Å². The number of benzene rings is 1. The van der Waals surface area contributed by atoms with Gasteiger partial charge in [-0.1, -0.05) is 31.8 Å². The number of aliphatic hydroxyl groups excluding tert-OH is 1. The molecule has 1 atom stereocenters. The van der Waals surface area contributed by atoms with Crippen LogP contribution in [-0.4, -0.2) is 34.0 Å². The summed E-state index contributed by atoms with van der Waals surface area (Å²) in [6.07, 6.45) is 5.95. The van der Waals surface area contributed by atoms with Crippen LogP contribution in [0.25, 0.3) is 0 Å². The molecule has 27 heavy (non-hydrogen) atoms. The van der Waals surface area contributed by atoms with Crippen LogP contribution in [0.4, 0.5) is 0 Å². The zero-order valence-corrected chi connectivity index (χ0v) is 18.4. The number of hydrogen-bond acceptors (Lipinski definition) is 3. The van der Waals surface area contributed by atoms with Crippen molar-refractivity contribution in [1.29, 1.82) is 0 Å². The standard InChI is InChI=1S/C21H33N3O2Si/c1-21(2,3)23-20(26)17-12-10-16(11-13-17)19(25)9-7-8-18-14-24(15-22-18)27(4,5)6/h10-15,19,25H,7-9H2,1-6H3,(H,23,26). The van der Waals surface area contributed by atoms with E-state index in [-0.39, 0.29) is 11.4 Å².